The first kappa shape index (κ1) is 21.9. The fourth-order valence-corrected chi connectivity index (χ4v) is 2.75. The molecule has 152 valence electrons. The molecule has 0 aliphatic heterocycles. The van der Waals surface area contributed by atoms with E-state index in [0.29, 0.717) is 0 Å². The molecule has 0 aromatic heterocycles. The second kappa shape index (κ2) is 8.31. The summed E-state index contributed by atoms with van der Waals surface area (Å²) in [6.45, 7) is 1.57. The lowest BCUT2D eigenvalue weighted by Gasteiger charge is -2.15. The Morgan fingerprint density at radius 2 is 1.82 bits per heavy atom. The zero-order valence-electron chi connectivity index (χ0n) is 14.0. The molecule has 0 atom stereocenters. The molecule has 0 unspecified atom stereocenters. The monoisotopic (exact) mass is 442 g/mol. The van der Waals surface area contributed by atoms with Gasteiger partial charge in [-0.25, -0.2) is 8.78 Å². The van der Waals surface area contributed by atoms with Crippen molar-refractivity contribution in [1.29, 1.82) is 0 Å². The quantitative estimate of drug-likeness (QED) is 0.386. The molecule has 0 heterocycles. The summed E-state index contributed by atoms with van der Waals surface area (Å²) < 4.78 is 88.4. The molecule has 0 saturated carbocycles. The van der Waals surface area contributed by atoms with Crippen LogP contribution in [0.4, 0.5) is 27.6 Å². The molecule has 1 N–H and O–H groups in total. The van der Waals surface area contributed by atoms with Crippen molar-refractivity contribution in [3.8, 4) is 5.75 Å². The molecule has 0 aliphatic rings. The molecular formula is C16H12ClF5N2O3S. The molecule has 0 saturated heterocycles. The van der Waals surface area contributed by atoms with E-state index in [2.05, 4.69) is 5.16 Å². The Morgan fingerprint density at radius 1 is 1.14 bits per heavy atom. The van der Waals surface area contributed by atoms with E-state index >= 15 is 0 Å². The molecule has 0 bridgehead atoms. The number of halogens is 6. The predicted molar refractivity (Wildman–Crippen MR) is 93.9 cm³/mol. The third kappa shape index (κ3) is 5.10. The first-order chi connectivity index (χ1) is 12.9. The number of rotatable bonds is 6. The molecule has 0 radical (unpaired) electrons. The van der Waals surface area contributed by atoms with Gasteiger partial charge in [0.2, 0.25) is 0 Å². The largest absolute Gasteiger partial charge is 0.516 e. The summed E-state index contributed by atoms with van der Waals surface area (Å²) in [4.78, 5) is 4.98. The zero-order chi connectivity index (χ0) is 21.1. The van der Waals surface area contributed by atoms with Crippen LogP contribution in [0.3, 0.4) is 0 Å². The average molecular weight is 443 g/mol. The standard InChI is InChI=1S/C16H12ClF5N2O3S/c1-2-14(23-27-10-4-5-12(18)13(19)8-10)11-7-9(17)3-6-15(11)24-28(25,26)16(20,21)22/h3-8,24H,2H2,1H3/b23-14+. The van der Waals surface area contributed by atoms with Gasteiger partial charge in [-0.05, 0) is 36.8 Å². The lowest BCUT2D eigenvalue weighted by molar-refractivity contribution is -0.0429. The van der Waals surface area contributed by atoms with Crippen molar-refractivity contribution in [3.05, 3.63) is 58.6 Å². The van der Waals surface area contributed by atoms with Gasteiger partial charge in [0.25, 0.3) is 0 Å². The molecule has 2 aromatic carbocycles. The van der Waals surface area contributed by atoms with E-state index in [1.54, 1.807) is 6.92 Å². The number of nitrogens with zero attached hydrogens (tertiary/aromatic N) is 1. The number of hydrogen-bond acceptors (Lipinski definition) is 4. The lowest BCUT2D eigenvalue weighted by Crippen LogP contribution is -2.30. The predicted octanol–water partition coefficient (Wildman–Crippen LogP) is 5.07. The normalized spacial score (nSPS) is 12.8. The van der Waals surface area contributed by atoms with E-state index in [9.17, 15) is 30.4 Å². The van der Waals surface area contributed by atoms with E-state index in [1.165, 1.54) is 16.9 Å². The number of alkyl halides is 3. The van der Waals surface area contributed by atoms with E-state index in [4.69, 9.17) is 16.4 Å². The Morgan fingerprint density at radius 3 is 2.39 bits per heavy atom. The van der Waals surface area contributed by atoms with Gasteiger partial charge in [0.1, 0.15) is 0 Å². The van der Waals surface area contributed by atoms with Crippen molar-refractivity contribution < 1.29 is 35.2 Å². The second-order valence-electron chi connectivity index (χ2n) is 5.30. The Hall–Kier alpha value is -2.40. The maximum Gasteiger partial charge on any atom is 0.516 e. The van der Waals surface area contributed by atoms with Crippen molar-refractivity contribution in [2.75, 3.05) is 4.72 Å². The Kier molecular flexibility index (Phi) is 6.50. The number of oxime groups is 1. The van der Waals surface area contributed by atoms with Gasteiger partial charge in [0.15, 0.2) is 17.4 Å². The van der Waals surface area contributed by atoms with Gasteiger partial charge in [-0.2, -0.15) is 21.6 Å². The fourth-order valence-electron chi connectivity index (χ4n) is 1.99. The maximum absolute atomic E-state index is 13.2. The molecule has 12 heteroatoms. The molecule has 2 rings (SSSR count). The smallest absolute Gasteiger partial charge is 0.357 e. The zero-order valence-corrected chi connectivity index (χ0v) is 15.6. The highest BCUT2D eigenvalue weighted by atomic mass is 35.5. The van der Waals surface area contributed by atoms with Crippen LogP contribution in [-0.4, -0.2) is 19.6 Å². The van der Waals surface area contributed by atoms with Gasteiger partial charge in [-0.3, -0.25) is 4.72 Å². The molecular weight excluding hydrogens is 431 g/mol. The molecule has 2 aromatic rings. The minimum atomic E-state index is -5.69. The Balaban J connectivity index is 2.42. The molecule has 28 heavy (non-hydrogen) atoms. The van der Waals surface area contributed by atoms with Crippen molar-refractivity contribution in [3.63, 3.8) is 0 Å². The minimum absolute atomic E-state index is 0.00658. The number of anilines is 1. The lowest BCUT2D eigenvalue weighted by atomic mass is 10.1. The summed E-state index contributed by atoms with van der Waals surface area (Å²) in [6.07, 6.45) is 0.0881. The van der Waals surface area contributed by atoms with Crippen molar-refractivity contribution in [1.82, 2.24) is 0 Å². The SMILES string of the molecule is CC/C(=N\Oc1ccc(F)c(F)c1)c1cc(Cl)ccc1NS(=O)(=O)C(F)(F)F. The Labute approximate surface area is 161 Å². The summed E-state index contributed by atoms with van der Waals surface area (Å²) in [6, 6.07) is 6.01. The number of nitrogens with one attached hydrogen (secondary N) is 1. The molecule has 0 spiro atoms. The maximum atomic E-state index is 13.2. The van der Waals surface area contributed by atoms with Crippen LogP contribution >= 0.6 is 11.6 Å². The molecule has 5 nitrogen and oxygen atoms in total. The summed E-state index contributed by atoms with van der Waals surface area (Å²) >= 11 is 5.85. The van der Waals surface area contributed by atoms with Crippen LogP contribution in [0.5, 0.6) is 5.75 Å². The number of sulfonamides is 1. The topological polar surface area (TPSA) is 67.8 Å². The van der Waals surface area contributed by atoms with Crippen LogP contribution in [-0.2, 0) is 10.0 Å². The second-order valence-corrected chi connectivity index (χ2v) is 7.41. The van der Waals surface area contributed by atoms with Crippen LogP contribution < -0.4 is 9.56 Å². The van der Waals surface area contributed by atoms with Gasteiger partial charge in [-0.1, -0.05) is 23.7 Å². The first-order valence-electron chi connectivity index (χ1n) is 7.52. The van der Waals surface area contributed by atoms with E-state index in [0.717, 1.165) is 24.3 Å². The first-order valence-corrected chi connectivity index (χ1v) is 9.38. The van der Waals surface area contributed by atoms with Crippen LogP contribution in [0.15, 0.2) is 41.6 Å². The highest BCUT2D eigenvalue weighted by molar-refractivity contribution is 7.93. The average Bonchev–Trinajstić information content (AvgIpc) is 2.59. The van der Waals surface area contributed by atoms with E-state index < -0.39 is 32.9 Å². The third-order valence-corrected chi connectivity index (χ3v) is 4.66. The van der Waals surface area contributed by atoms with Gasteiger partial charge in [-0.15, -0.1) is 0 Å². The summed E-state index contributed by atoms with van der Waals surface area (Å²) in [5, 5.41) is 3.80. The van der Waals surface area contributed by atoms with Crippen LogP contribution in [0.1, 0.15) is 18.9 Å². The highest BCUT2D eigenvalue weighted by Crippen LogP contribution is 2.29. The van der Waals surface area contributed by atoms with Crippen molar-refractivity contribution in [2.24, 2.45) is 5.16 Å². The summed E-state index contributed by atoms with van der Waals surface area (Å²) in [5.74, 6) is -2.47. The summed E-state index contributed by atoms with van der Waals surface area (Å²) in [5.41, 5.74) is -6.04. The van der Waals surface area contributed by atoms with E-state index in [1.807, 2.05) is 0 Å². The van der Waals surface area contributed by atoms with Gasteiger partial charge in [0.05, 0.1) is 11.4 Å². The van der Waals surface area contributed by atoms with Crippen molar-refractivity contribution in [2.45, 2.75) is 18.9 Å². The Bertz CT molecular complexity index is 1010. The minimum Gasteiger partial charge on any atom is -0.357 e. The van der Waals surface area contributed by atoms with Gasteiger partial charge < -0.3 is 4.84 Å². The van der Waals surface area contributed by atoms with Crippen LogP contribution in [0.25, 0.3) is 0 Å². The molecule has 0 amide bonds. The highest BCUT2D eigenvalue weighted by Gasteiger charge is 2.46. The van der Waals surface area contributed by atoms with Gasteiger partial charge >= 0.3 is 15.5 Å². The van der Waals surface area contributed by atoms with E-state index in [-0.39, 0.29) is 28.5 Å². The van der Waals surface area contributed by atoms with Gasteiger partial charge in [0, 0.05) is 16.7 Å². The van der Waals surface area contributed by atoms with Crippen LogP contribution in [0, 0.1) is 11.6 Å². The van der Waals surface area contributed by atoms with Crippen molar-refractivity contribution >= 4 is 33.0 Å². The number of benzene rings is 2. The third-order valence-electron chi connectivity index (χ3n) is 3.33. The fraction of sp³-hybridized carbons (Fsp3) is 0.188. The van der Waals surface area contributed by atoms with Crippen LogP contribution in [0.2, 0.25) is 5.02 Å². The molecule has 0 fully saturated rings. The number of hydrogen-bond donors (Lipinski definition) is 1. The molecule has 0 aliphatic carbocycles. The summed E-state index contributed by atoms with van der Waals surface area (Å²) in [7, 11) is -5.69.